The zero-order chi connectivity index (χ0) is 16.4. The molecular formula is C17H17N3O3. The minimum Gasteiger partial charge on any atom is -0.360 e. The maximum absolute atomic E-state index is 12.1. The lowest BCUT2D eigenvalue weighted by atomic mass is 10.1. The number of nitrogens with zero attached hydrogens (tertiary/aromatic N) is 1. The topological polar surface area (TPSA) is 88.0 Å². The van der Waals surface area contributed by atoms with Crippen LogP contribution in [0.25, 0.3) is 10.9 Å². The Balaban J connectivity index is 1.72. The Hall–Kier alpha value is -2.89. The number of amides is 1. The van der Waals surface area contributed by atoms with Gasteiger partial charge in [0.2, 0.25) is 5.91 Å². The van der Waals surface area contributed by atoms with Crippen molar-refractivity contribution in [1.82, 2.24) is 10.1 Å². The van der Waals surface area contributed by atoms with Crippen LogP contribution in [-0.2, 0) is 11.2 Å². The summed E-state index contributed by atoms with van der Waals surface area (Å²) in [7, 11) is 0. The number of aromatic amines is 1. The number of rotatable bonds is 4. The van der Waals surface area contributed by atoms with Crippen molar-refractivity contribution in [1.29, 1.82) is 0 Å². The van der Waals surface area contributed by atoms with Crippen LogP contribution in [0.5, 0.6) is 0 Å². The highest BCUT2D eigenvalue weighted by Gasteiger charge is 2.09. The third kappa shape index (κ3) is 3.48. The van der Waals surface area contributed by atoms with Crippen LogP contribution in [0.2, 0.25) is 0 Å². The van der Waals surface area contributed by atoms with Crippen molar-refractivity contribution in [2.45, 2.75) is 26.7 Å². The van der Waals surface area contributed by atoms with Crippen molar-refractivity contribution in [3.05, 3.63) is 57.6 Å². The molecule has 1 aromatic carbocycles. The lowest BCUT2D eigenvalue weighted by molar-refractivity contribution is -0.116. The summed E-state index contributed by atoms with van der Waals surface area (Å²) in [5, 5.41) is 7.31. The second-order valence-electron chi connectivity index (χ2n) is 5.59. The summed E-state index contributed by atoms with van der Waals surface area (Å²) in [6.07, 6.45) is 0.564. The normalized spacial score (nSPS) is 10.9. The average molecular weight is 311 g/mol. The van der Waals surface area contributed by atoms with Gasteiger partial charge in [0.05, 0.1) is 0 Å². The smallest absolute Gasteiger partial charge is 0.251 e. The van der Waals surface area contributed by atoms with E-state index in [2.05, 4.69) is 15.5 Å². The molecule has 0 bridgehead atoms. The number of nitrogens with one attached hydrogen (secondary N) is 2. The van der Waals surface area contributed by atoms with Gasteiger partial charge in [-0.1, -0.05) is 16.8 Å². The highest BCUT2D eigenvalue weighted by Crippen LogP contribution is 2.14. The predicted molar refractivity (Wildman–Crippen MR) is 87.5 cm³/mol. The highest BCUT2D eigenvalue weighted by atomic mass is 16.5. The molecule has 0 aliphatic carbocycles. The third-order valence-corrected chi connectivity index (χ3v) is 3.59. The molecule has 6 nitrogen and oxygen atoms in total. The summed E-state index contributed by atoms with van der Waals surface area (Å²) < 4.78 is 4.89. The number of aromatic nitrogens is 2. The number of benzene rings is 1. The molecule has 3 aromatic rings. The van der Waals surface area contributed by atoms with Crippen LogP contribution in [0, 0.1) is 13.8 Å². The molecule has 0 atom stereocenters. The van der Waals surface area contributed by atoms with E-state index in [0.29, 0.717) is 23.6 Å². The minimum atomic E-state index is -0.206. The Morgan fingerprint density at radius 1 is 1.26 bits per heavy atom. The van der Waals surface area contributed by atoms with Gasteiger partial charge in [0, 0.05) is 23.6 Å². The first-order valence-corrected chi connectivity index (χ1v) is 7.37. The van der Waals surface area contributed by atoms with Crippen molar-refractivity contribution in [2.75, 3.05) is 5.32 Å². The molecule has 6 heteroatoms. The van der Waals surface area contributed by atoms with Gasteiger partial charge in [-0.15, -0.1) is 0 Å². The van der Waals surface area contributed by atoms with E-state index in [1.54, 1.807) is 13.0 Å². The number of anilines is 1. The van der Waals surface area contributed by atoms with Crippen molar-refractivity contribution in [3.63, 3.8) is 0 Å². The molecule has 2 heterocycles. The highest BCUT2D eigenvalue weighted by molar-refractivity contribution is 5.90. The molecule has 0 saturated carbocycles. The number of hydrogen-bond donors (Lipinski definition) is 2. The summed E-state index contributed by atoms with van der Waals surface area (Å²) in [5.41, 5.74) is 2.35. The van der Waals surface area contributed by atoms with Crippen molar-refractivity contribution in [2.24, 2.45) is 0 Å². The van der Waals surface area contributed by atoms with E-state index >= 15 is 0 Å². The van der Waals surface area contributed by atoms with Crippen LogP contribution in [0.15, 0.2) is 39.6 Å². The van der Waals surface area contributed by atoms with E-state index in [0.717, 1.165) is 16.5 Å². The SMILES string of the molecule is Cc1ccc2[nH]c(=O)c(CCC(=O)Nc3cc(C)on3)cc2c1. The Bertz CT molecular complexity index is 924. The average Bonchev–Trinajstić information content (AvgIpc) is 2.90. The summed E-state index contributed by atoms with van der Waals surface area (Å²) in [6.45, 7) is 3.75. The third-order valence-electron chi connectivity index (χ3n) is 3.59. The first-order chi connectivity index (χ1) is 11.0. The van der Waals surface area contributed by atoms with Crippen LogP contribution in [0.4, 0.5) is 5.82 Å². The molecule has 0 fully saturated rings. The standard InChI is InChI=1S/C17H17N3O3/c1-10-3-5-14-13(7-10)9-12(17(22)18-14)4-6-16(21)19-15-8-11(2)23-20-15/h3,5,7-9H,4,6H2,1-2H3,(H,18,22)(H,19,20,21). The Morgan fingerprint density at radius 2 is 2.09 bits per heavy atom. The molecule has 0 aliphatic rings. The number of pyridine rings is 1. The van der Waals surface area contributed by atoms with Gasteiger partial charge in [0.1, 0.15) is 5.76 Å². The van der Waals surface area contributed by atoms with E-state index in [4.69, 9.17) is 4.52 Å². The summed E-state index contributed by atoms with van der Waals surface area (Å²) >= 11 is 0. The number of carbonyl (C=O) groups is 1. The first kappa shape index (κ1) is 15.0. The predicted octanol–water partition coefficient (Wildman–Crippen LogP) is 2.70. The van der Waals surface area contributed by atoms with E-state index in [1.807, 2.05) is 31.2 Å². The number of aryl methyl sites for hydroxylation is 3. The molecule has 1 amide bonds. The van der Waals surface area contributed by atoms with Crippen LogP contribution >= 0.6 is 0 Å². The summed E-state index contributed by atoms with van der Waals surface area (Å²) in [6, 6.07) is 9.33. The Labute approximate surface area is 132 Å². The van der Waals surface area contributed by atoms with Crippen LogP contribution < -0.4 is 10.9 Å². The van der Waals surface area contributed by atoms with Gasteiger partial charge in [0.15, 0.2) is 5.82 Å². The molecule has 0 aliphatic heterocycles. The van der Waals surface area contributed by atoms with E-state index in [1.165, 1.54) is 0 Å². The van der Waals surface area contributed by atoms with E-state index in [-0.39, 0.29) is 17.9 Å². The molecule has 2 N–H and O–H groups in total. The van der Waals surface area contributed by atoms with Crippen molar-refractivity contribution >= 4 is 22.6 Å². The van der Waals surface area contributed by atoms with E-state index in [9.17, 15) is 9.59 Å². The fourth-order valence-corrected chi connectivity index (χ4v) is 2.44. The van der Waals surface area contributed by atoms with Gasteiger partial charge < -0.3 is 14.8 Å². The molecular weight excluding hydrogens is 294 g/mol. The monoisotopic (exact) mass is 311 g/mol. The minimum absolute atomic E-state index is 0.161. The fourth-order valence-electron chi connectivity index (χ4n) is 2.44. The number of H-pyrrole nitrogens is 1. The van der Waals surface area contributed by atoms with Gasteiger partial charge in [-0.3, -0.25) is 9.59 Å². The lowest BCUT2D eigenvalue weighted by Gasteiger charge is -2.04. The number of fused-ring (bicyclic) bond motifs is 1. The Kier molecular flexibility index (Phi) is 3.97. The largest absolute Gasteiger partial charge is 0.360 e. The van der Waals surface area contributed by atoms with Crippen LogP contribution in [0.1, 0.15) is 23.3 Å². The first-order valence-electron chi connectivity index (χ1n) is 7.37. The second kappa shape index (κ2) is 6.08. The van der Waals surface area contributed by atoms with Gasteiger partial charge >= 0.3 is 0 Å². The van der Waals surface area contributed by atoms with Gasteiger partial charge in [-0.2, -0.15) is 0 Å². The van der Waals surface area contributed by atoms with Crippen molar-refractivity contribution in [3.8, 4) is 0 Å². The fraction of sp³-hybridized carbons (Fsp3) is 0.235. The van der Waals surface area contributed by atoms with Crippen LogP contribution in [0.3, 0.4) is 0 Å². The quantitative estimate of drug-likeness (QED) is 0.775. The molecule has 2 aromatic heterocycles. The zero-order valence-corrected chi connectivity index (χ0v) is 13.0. The second-order valence-corrected chi connectivity index (χ2v) is 5.59. The van der Waals surface area contributed by atoms with Gasteiger partial charge in [-0.25, -0.2) is 0 Å². The molecule has 118 valence electrons. The molecule has 0 radical (unpaired) electrons. The van der Waals surface area contributed by atoms with Crippen molar-refractivity contribution < 1.29 is 9.32 Å². The van der Waals surface area contributed by atoms with Gasteiger partial charge in [-0.05, 0) is 43.9 Å². The molecule has 0 saturated heterocycles. The molecule has 23 heavy (non-hydrogen) atoms. The maximum Gasteiger partial charge on any atom is 0.251 e. The lowest BCUT2D eigenvalue weighted by Crippen LogP contribution is -2.17. The zero-order valence-electron chi connectivity index (χ0n) is 13.0. The number of carbonyl (C=O) groups excluding carboxylic acids is 1. The van der Waals surface area contributed by atoms with Gasteiger partial charge in [0.25, 0.3) is 5.56 Å². The summed E-state index contributed by atoms with van der Waals surface area (Å²) in [5.74, 6) is 0.805. The molecule has 3 rings (SSSR count). The maximum atomic E-state index is 12.1. The molecule has 0 spiro atoms. The van der Waals surface area contributed by atoms with E-state index < -0.39 is 0 Å². The summed E-state index contributed by atoms with van der Waals surface area (Å²) in [4.78, 5) is 26.8. The Morgan fingerprint density at radius 3 is 2.83 bits per heavy atom. The molecule has 0 unspecified atom stereocenters. The van der Waals surface area contributed by atoms with Crippen LogP contribution in [-0.4, -0.2) is 16.0 Å². The number of hydrogen-bond acceptors (Lipinski definition) is 4.